The summed E-state index contributed by atoms with van der Waals surface area (Å²) in [5, 5.41) is 15.9. The third kappa shape index (κ3) is 5.83. The molecule has 0 unspecified atom stereocenters. The number of sulfonamides is 1. The second-order valence-electron chi connectivity index (χ2n) is 8.43. The van der Waals surface area contributed by atoms with Gasteiger partial charge >= 0.3 is 0 Å². The fourth-order valence-corrected chi connectivity index (χ4v) is 4.63. The summed E-state index contributed by atoms with van der Waals surface area (Å²) in [6.45, 7) is 1.85. The molecule has 0 saturated carbocycles. The van der Waals surface area contributed by atoms with Gasteiger partial charge in [-0.15, -0.1) is 0 Å². The molecule has 194 valence electrons. The zero-order valence-electron chi connectivity index (χ0n) is 20.7. The molecule has 0 heterocycles. The summed E-state index contributed by atoms with van der Waals surface area (Å²) in [7, 11) is -2.39. The number of carbonyl (C=O) groups excluding carboxylic acids is 1. The standard InChI is InChI=1S/C28H26N4O5S/c1-17-14-25(37-21-7-5-6-20(15-21)27(29)30)23(16-24(17)36-2)32-28(33)19-12-10-18(11-13-19)22-8-3-4-9-26(22)38(31,34)35/h3-16H,1-2H3,(H3,29,30)(H,32,33)(H2,31,34,35). The van der Waals surface area contributed by atoms with Crippen molar-refractivity contribution in [3.63, 3.8) is 0 Å². The number of hydrogen-bond donors (Lipinski definition) is 4. The van der Waals surface area contributed by atoms with Crippen molar-refractivity contribution < 1.29 is 22.7 Å². The van der Waals surface area contributed by atoms with E-state index in [0.717, 1.165) is 5.56 Å². The summed E-state index contributed by atoms with van der Waals surface area (Å²) in [5.41, 5.74) is 8.63. The number of rotatable bonds is 8. The van der Waals surface area contributed by atoms with Crippen LogP contribution < -0.4 is 25.7 Å². The van der Waals surface area contributed by atoms with Crippen LogP contribution in [0.3, 0.4) is 0 Å². The molecule has 0 aliphatic carbocycles. The topological polar surface area (TPSA) is 158 Å². The first-order valence-electron chi connectivity index (χ1n) is 11.4. The molecule has 0 aliphatic rings. The number of nitrogen functional groups attached to an aromatic ring is 1. The molecule has 0 atom stereocenters. The predicted octanol–water partition coefficient (Wildman–Crippen LogP) is 4.65. The van der Waals surface area contributed by atoms with Crippen molar-refractivity contribution in [3.8, 4) is 28.4 Å². The van der Waals surface area contributed by atoms with Gasteiger partial charge in [-0.3, -0.25) is 10.2 Å². The van der Waals surface area contributed by atoms with Crippen molar-refractivity contribution in [2.45, 2.75) is 11.8 Å². The Kier molecular flexibility index (Phi) is 7.47. The van der Waals surface area contributed by atoms with E-state index in [0.29, 0.717) is 45.2 Å². The van der Waals surface area contributed by atoms with Crippen LogP contribution in [0.5, 0.6) is 17.2 Å². The molecule has 1 amide bonds. The summed E-state index contributed by atoms with van der Waals surface area (Å²) in [5.74, 6) is 0.862. The maximum atomic E-state index is 13.2. The average Bonchev–Trinajstić information content (AvgIpc) is 2.90. The summed E-state index contributed by atoms with van der Waals surface area (Å²) < 4.78 is 35.4. The normalized spacial score (nSPS) is 11.0. The zero-order valence-corrected chi connectivity index (χ0v) is 21.5. The number of methoxy groups -OCH3 is 1. The summed E-state index contributed by atoms with van der Waals surface area (Å²) >= 11 is 0. The van der Waals surface area contributed by atoms with E-state index in [1.54, 1.807) is 78.9 Å². The van der Waals surface area contributed by atoms with Crippen LogP contribution in [0, 0.1) is 12.3 Å². The van der Waals surface area contributed by atoms with Gasteiger partial charge in [0.15, 0.2) is 5.75 Å². The van der Waals surface area contributed by atoms with Crippen molar-refractivity contribution in [3.05, 3.63) is 102 Å². The van der Waals surface area contributed by atoms with Gasteiger partial charge in [0.2, 0.25) is 10.0 Å². The molecule has 0 bridgehead atoms. The van der Waals surface area contributed by atoms with Gasteiger partial charge in [-0.2, -0.15) is 0 Å². The first-order valence-corrected chi connectivity index (χ1v) is 13.0. The maximum absolute atomic E-state index is 13.2. The van der Waals surface area contributed by atoms with Crippen molar-refractivity contribution in [1.29, 1.82) is 5.41 Å². The summed E-state index contributed by atoms with van der Waals surface area (Å²) in [6.07, 6.45) is 0. The van der Waals surface area contributed by atoms with Gasteiger partial charge in [0.05, 0.1) is 17.7 Å². The van der Waals surface area contributed by atoms with Gasteiger partial charge in [-0.05, 0) is 54.4 Å². The largest absolute Gasteiger partial charge is 0.496 e. The van der Waals surface area contributed by atoms with Crippen molar-refractivity contribution in [1.82, 2.24) is 0 Å². The van der Waals surface area contributed by atoms with E-state index in [1.165, 1.54) is 13.2 Å². The Morgan fingerprint density at radius 2 is 1.61 bits per heavy atom. The highest BCUT2D eigenvalue weighted by Gasteiger charge is 2.17. The average molecular weight is 531 g/mol. The number of benzene rings is 4. The molecule has 4 aromatic carbocycles. The van der Waals surface area contributed by atoms with Crippen molar-refractivity contribution in [2.75, 3.05) is 12.4 Å². The molecule has 38 heavy (non-hydrogen) atoms. The highest BCUT2D eigenvalue weighted by atomic mass is 32.2. The maximum Gasteiger partial charge on any atom is 0.255 e. The van der Waals surface area contributed by atoms with Crippen LogP contribution in [-0.2, 0) is 10.0 Å². The quantitative estimate of drug-likeness (QED) is 0.192. The van der Waals surface area contributed by atoms with E-state index in [-0.39, 0.29) is 10.7 Å². The molecule has 0 radical (unpaired) electrons. The smallest absolute Gasteiger partial charge is 0.255 e. The van der Waals surface area contributed by atoms with Gasteiger partial charge < -0.3 is 20.5 Å². The van der Waals surface area contributed by atoms with Crippen LogP contribution in [0.15, 0.2) is 89.8 Å². The molecule has 4 aromatic rings. The van der Waals surface area contributed by atoms with Crippen molar-refractivity contribution >= 4 is 27.5 Å². The zero-order chi connectivity index (χ0) is 27.4. The minimum Gasteiger partial charge on any atom is -0.496 e. The van der Waals surface area contributed by atoms with Gasteiger partial charge in [0.1, 0.15) is 17.3 Å². The van der Waals surface area contributed by atoms with Crippen molar-refractivity contribution in [2.24, 2.45) is 10.9 Å². The lowest BCUT2D eigenvalue weighted by Crippen LogP contribution is -2.14. The number of amidine groups is 1. The van der Waals surface area contributed by atoms with E-state index in [1.807, 2.05) is 6.92 Å². The highest BCUT2D eigenvalue weighted by molar-refractivity contribution is 7.89. The lowest BCUT2D eigenvalue weighted by Gasteiger charge is -2.16. The van der Waals surface area contributed by atoms with Crippen LogP contribution in [0.2, 0.25) is 0 Å². The Labute approximate surface area is 220 Å². The number of aryl methyl sites for hydroxylation is 1. The number of hydrogen-bond acceptors (Lipinski definition) is 6. The lowest BCUT2D eigenvalue weighted by molar-refractivity contribution is 0.102. The van der Waals surface area contributed by atoms with Crippen LogP contribution in [0.25, 0.3) is 11.1 Å². The predicted molar refractivity (Wildman–Crippen MR) is 146 cm³/mol. The third-order valence-electron chi connectivity index (χ3n) is 5.77. The molecule has 0 aliphatic heterocycles. The SMILES string of the molecule is COc1cc(NC(=O)c2ccc(-c3ccccc3S(N)(=O)=O)cc2)c(Oc2cccc(C(=N)N)c2)cc1C. The number of ether oxygens (including phenoxy) is 2. The molecule has 10 heteroatoms. The molecular formula is C28H26N4O5S. The molecule has 9 nitrogen and oxygen atoms in total. The number of carbonyl (C=O) groups is 1. The highest BCUT2D eigenvalue weighted by Crippen LogP contribution is 2.36. The second-order valence-corrected chi connectivity index (χ2v) is 9.96. The number of nitrogens with two attached hydrogens (primary N) is 2. The first-order chi connectivity index (χ1) is 18.1. The number of primary sulfonamides is 1. The van der Waals surface area contributed by atoms with Gasteiger partial charge in [0.25, 0.3) is 5.91 Å². The van der Waals surface area contributed by atoms with Crippen LogP contribution in [0.4, 0.5) is 5.69 Å². The van der Waals surface area contributed by atoms with E-state index in [4.69, 9.17) is 25.8 Å². The van der Waals surface area contributed by atoms with E-state index < -0.39 is 15.9 Å². The third-order valence-corrected chi connectivity index (χ3v) is 6.74. The van der Waals surface area contributed by atoms with Gasteiger partial charge in [0, 0.05) is 22.8 Å². The fourth-order valence-electron chi connectivity index (χ4n) is 3.87. The van der Waals surface area contributed by atoms with Crippen LogP contribution in [0.1, 0.15) is 21.5 Å². The number of nitrogens with one attached hydrogen (secondary N) is 2. The first kappa shape index (κ1) is 26.4. The minimum absolute atomic E-state index is 0.000384. The van der Waals surface area contributed by atoms with E-state index in [2.05, 4.69) is 5.32 Å². The van der Waals surface area contributed by atoms with Crippen LogP contribution >= 0.6 is 0 Å². The molecule has 4 rings (SSSR count). The Morgan fingerprint density at radius 1 is 0.895 bits per heavy atom. The lowest BCUT2D eigenvalue weighted by atomic mass is 10.0. The monoisotopic (exact) mass is 530 g/mol. The fraction of sp³-hybridized carbons (Fsp3) is 0.0714. The van der Waals surface area contributed by atoms with Gasteiger partial charge in [-0.1, -0.05) is 42.5 Å². The van der Waals surface area contributed by atoms with Gasteiger partial charge in [-0.25, -0.2) is 13.6 Å². The Balaban J connectivity index is 1.63. The van der Waals surface area contributed by atoms with Crippen LogP contribution in [-0.4, -0.2) is 27.3 Å². The summed E-state index contributed by atoms with van der Waals surface area (Å²) in [4.78, 5) is 13.2. The van der Waals surface area contributed by atoms with E-state index in [9.17, 15) is 13.2 Å². The Bertz CT molecular complexity index is 1630. The number of anilines is 1. The molecular weight excluding hydrogens is 504 g/mol. The Hall–Kier alpha value is -4.67. The molecule has 0 aromatic heterocycles. The number of amides is 1. The summed E-state index contributed by atoms with van der Waals surface area (Å²) in [6, 6.07) is 23.0. The molecule has 0 fully saturated rings. The second kappa shape index (κ2) is 10.8. The molecule has 0 spiro atoms. The minimum atomic E-state index is -3.92. The Morgan fingerprint density at radius 3 is 2.26 bits per heavy atom. The molecule has 6 N–H and O–H groups in total. The van der Waals surface area contributed by atoms with E-state index >= 15 is 0 Å². The molecule has 0 saturated heterocycles.